The van der Waals surface area contributed by atoms with E-state index < -0.39 is 5.41 Å². The molecule has 112 valence electrons. The van der Waals surface area contributed by atoms with Gasteiger partial charge in [0, 0.05) is 5.39 Å². The Balaban J connectivity index is 2.15. The predicted octanol–water partition coefficient (Wildman–Crippen LogP) is 3.92. The smallest absolute Gasteiger partial charge is 0.334 e. The van der Waals surface area contributed by atoms with Crippen molar-refractivity contribution in [2.45, 2.75) is 20.8 Å². The van der Waals surface area contributed by atoms with E-state index in [0.717, 1.165) is 21.7 Å². The third-order valence-electron chi connectivity index (χ3n) is 3.39. The van der Waals surface area contributed by atoms with E-state index in [1.165, 1.54) is 11.1 Å². The molecule has 0 saturated carbocycles. The molecule has 0 fully saturated rings. The number of nitrogens with zero attached hydrogens (tertiary/aromatic N) is 2. The fourth-order valence-electron chi connectivity index (χ4n) is 2.08. The van der Waals surface area contributed by atoms with Crippen molar-refractivity contribution < 1.29 is 9.63 Å². The molecule has 0 amide bonds. The fraction of sp³-hybridized carbons (Fsp3) is 0.235. The molecule has 0 aliphatic rings. The molecule has 5 heteroatoms. The summed E-state index contributed by atoms with van der Waals surface area (Å²) in [6, 6.07) is 12.0. The summed E-state index contributed by atoms with van der Waals surface area (Å²) in [7, 11) is 0. The highest BCUT2D eigenvalue weighted by Crippen LogP contribution is 2.22. The second-order valence-electron chi connectivity index (χ2n) is 6.22. The lowest BCUT2D eigenvalue weighted by Gasteiger charge is -2.17. The van der Waals surface area contributed by atoms with Crippen LogP contribution >= 0.6 is 12.2 Å². The van der Waals surface area contributed by atoms with Crippen LogP contribution in [0.2, 0.25) is 0 Å². The summed E-state index contributed by atoms with van der Waals surface area (Å²) >= 11 is 5.44. The topological polar surface area (TPSA) is 44.1 Å². The van der Waals surface area contributed by atoms with Crippen LogP contribution in [0.15, 0.2) is 42.7 Å². The lowest BCUT2D eigenvalue weighted by molar-refractivity contribution is -0.153. The van der Waals surface area contributed by atoms with Gasteiger partial charge in [0.25, 0.3) is 0 Å². The molecule has 0 aliphatic heterocycles. The zero-order valence-electron chi connectivity index (χ0n) is 12.7. The Bertz CT molecular complexity index is 939. The molecule has 22 heavy (non-hydrogen) atoms. The predicted molar refractivity (Wildman–Crippen MR) is 89.1 cm³/mol. The van der Waals surface area contributed by atoms with E-state index in [4.69, 9.17) is 17.1 Å². The van der Waals surface area contributed by atoms with E-state index in [2.05, 4.69) is 4.98 Å². The minimum atomic E-state index is -0.604. The first-order valence-corrected chi connectivity index (χ1v) is 7.40. The van der Waals surface area contributed by atoms with Crippen LogP contribution in [-0.2, 0) is 4.79 Å². The van der Waals surface area contributed by atoms with Gasteiger partial charge in [0.2, 0.25) is 0 Å². The van der Waals surface area contributed by atoms with E-state index in [-0.39, 0.29) is 5.97 Å². The summed E-state index contributed by atoms with van der Waals surface area (Å²) < 4.78 is 1.70. The number of benzene rings is 2. The first-order chi connectivity index (χ1) is 10.4. The molecule has 0 saturated heterocycles. The molecule has 0 spiro atoms. The molecule has 3 aromatic rings. The molecule has 3 rings (SSSR count). The Kier molecular flexibility index (Phi) is 3.45. The van der Waals surface area contributed by atoms with Crippen LogP contribution in [0.5, 0.6) is 0 Å². The molecule has 1 aromatic heterocycles. The Morgan fingerprint density at radius 2 is 1.82 bits per heavy atom. The summed E-state index contributed by atoms with van der Waals surface area (Å²) in [4.78, 5) is 21.7. The number of carbonyl (C=O) groups excluding carboxylic acids is 1. The summed E-state index contributed by atoms with van der Waals surface area (Å²) in [5, 5.41) is 2.96. The third-order valence-corrected chi connectivity index (χ3v) is 3.79. The van der Waals surface area contributed by atoms with Crippen molar-refractivity contribution in [1.82, 2.24) is 9.71 Å². The number of fused-ring (bicyclic) bond motifs is 2. The molecule has 1 heterocycles. The maximum absolute atomic E-state index is 12.0. The maximum Gasteiger partial charge on any atom is 0.338 e. The normalized spacial score (nSPS) is 11.8. The Morgan fingerprint density at radius 1 is 1.18 bits per heavy atom. The van der Waals surface area contributed by atoms with Gasteiger partial charge in [-0.3, -0.25) is 0 Å². The Labute approximate surface area is 133 Å². The minimum Gasteiger partial charge on any atom is -0.334 e. The van der Waals surface area contributed by atoms with Crippen LogP contribution in [0.1, 0.15) is 20.8 Å². The zero-order chi connectivity index (χ0) is 15.9. The second-order valence-corrected chi connectivity index (χ2v) is 6.61. The van der Waals surface area contributed by atoms with Crippen LogP contribution in [0.25, 0.3) is 21.7 Å². The standard InChI is InChI=1S/C17H16N2O2S/c1-17(2,3)16(20)21-19-10-18-14-9-12-7-5-4-6-11(12)8-13(14)15(19)22/h4-10H,1-3H3. The minimum absolute atomic E-state index is 0.356. The molecule has 0 unspecified atom stereocenters. The number of hydrogen-bond donors (Lipinski definition) is 0. The van der Waals surface area contributed by atoms with E-state index in [0.29, 0.717) is 4.64 Å². The van der Waals surface area contributed by atoms with Crippen LogP contribution in [0.4, 0.5) is 0 Å². The molecular weight excluding hydrogens is 296 g/mol. The third kappa shape index (κ3) is 2.60. The largest absolute Gasteiger partial charge is 0.338 e. The average molecular weight is 312 g/mol. The monoisotopic (exact) mass is 312 g/mol. The van der Waals surface area contributed by atoms with Crippen molar-refractivity contribution in [1.29, 1.82) is 0 Å². The van der Waals surface area contributed by atoms with Gasteiger partial charge in [-0.15, -0.1) is 0 Å². The highest BCUT2D eigenvalue weighted by atomic mass is 32.1. The van der Waals surface area contributed by atoms with Crippen molar-refractivity contribution in [3.8, 4) is 0 Å². The maximum atomic E-state index is 12.0. The van der Waals surface area contributed by atoms with Crippen LogP contribution in [-0.4, -0.2) is 15.7 Å². The van der Waals surface area contributed by atoms with Gasteiger partial charge in [0.15, 0.2) is 4.64 Å². The molecule has 0 atom stereocenters. The van der Waals surface area contributed by atoms with E-state index in [1.807, 2.05) is 36.4 Å². The lowest BCUT2D eigenvalue weighted by atomic mass is 9.98. The molecule has 0 bridgehead atoms. The summed E-state index contributed by atoms with van der Waals surface area (Å²) in [5.41, 5.74) is 0.180. The summed E-state index contributed by atoms with van der Waals surface area (Å²) in [6.07, 6.45) is 1.45. The van der Waals surface area contributed by atoms with Crippen LogP contribution in [0.3, 0.4) is 0 Å². The fourth-order valence-corrected chi connectivity index (χ4v) is 2.33. The molecular formula is C17H16N2O2S. The van der Waals surface area contributed by atoms with Crippen molar-refractivity contribution in [2.75, 3.05) is 0 Å². The molecule has 0 N–H and O–H groups in total. The highest BCUT2D eigenvalue weighted by molar-refractivity contribution is 7.71. The quantitative estimate of drug-likeness (QED) is 0.504. The van der Waals surface area contributed by atoms with E-state index in [9.17, 15) is 4.79 Å². The molecule has 4 nitrogen and oxygen atoms in total. The first kappa shape index (κ1) is 14.7. The zero-order valence-corrected chi connectivity index (χ0v) is 13.5. The van der Waals surface area contributed by atoms with Gasteiger partial charge in [0.05, 0.1) is 10.9 Å². The van der Waals surface area contributed by atoms with E-state index >= 15 is 0 Å². The number of carbonyl (C=O) groups is 1. The molecule has 2 aromatic carbocycles. The Hall–Kier alpha value is -2.27. The average Bonchev–Trinajstić information content (AvgIpc) is 2.47. The lowest BCUT2D eigenvalue weighted by Crippen LogP contribution is -2.31. The SMILES string of the molecule is CC(C)(C)C(=O)On1cnc2cc3ccccc3cc2c1=S. The van der Waals surface area contributed by atoms with Crippen molar-refractivity contribution in [2.24, 2.45) is 5.41 Å². The van der Waals surface area contributed by atoms with Gasteiger partial charge in [-0.25, -0.2) is 9.78 Å². The van der Waals surface area contributed by atoms with Gasteiger partial charge in [-0.2, -0.15) is 4.73 Å². The van der Waals surface area contributed by atoms with Crippen LogP contribution < -0.4 is 4.84 Å². The van der Waals surface area contributed by atoms with Crippen molar-refractivity contribution in [3.63, 3.8) is 0 Å². The molecule has 0 aliphatic carbocycles. The summed E-state index contributed by atoms with van der Waals surface area (Å²) in [5.74, 6) is -0.356. The van der Waals surface area contributed by atoms with Gasteiger partial charge in [0.1, 0.15) is 6.33 Å². The number of rotatable bonds is 1. The van der Waals surface area contributed by atoms with Crippen molar-refractivity contribution >= 4 is 39.9 Å². The van der Waals surface area contributed by atoms with Gasteiger partial charge in [-0.05, 0) is 43.7 Å². The molecule has 0 radical (unpaired) electrons. The van der Waals surface area contributed by atoms with Crippen molar-refractivity contribution in [3.05, 3.63) is 47.4 Å². The first-order valence-electron chi connectivity index (χ1n) is 6.99. The highest BCUT2D eigenvalue weighted by Gasteiger charge is 2.24. The second kappa shape index (κ2) is 5.18. The summed E-state index contributed by atoms with van der Waals surface area (Å²) in [6.45, 7) is 5.38. The van der Waals surface area contributed by atoms with Gasteiger partial charge < -0.3 is 4.84 Å². The Morgan fingerprint density at radius 3 is 2.45 bits per heavy atom. The number of aromatic nitrogens is 2. The van der Waals surface area contributed by atoms with E-state index in [1.54, 1.807) is 20.8 Å². The van der Waals surface area contributed by atoms with Crippen LogP contribution in [0, 0.1) is 10.1 Å². The van der Waals surface area contributed by atoms with Gasteiger partial charge in [-0.1, -0.05) is 36.5 Å². The number of hydrogen-bond acceptors (Lipinski definition) is 4. The van der Waals surface area contributed by atoms with Gasteiger partial charge >= 0.3 is 5.97 Å².